The molecule has 0 unspecified atom stereocenters. The molecule has 280 valence electrons. The number of anilines is 1. The molecular formula is C36H51N3O11Si. The number of nitro groups is 2. The van der Waals surface area contributed by atoms with Crippen LogP contribution in [-0.2, 0) is 32.8 Å². The molecule has 0 saturated carbocycles. The van der Waals surface area contributed by atoms with E-state index in [2.05, 4.69) is 74.6 Å². The molecule has 0 aliphatic rings. The minimum Gasteiger partial charge on any atom is -0.405 e. The van der Waals surface area contributed by atoms with Gasteiger partial charge in [0.1, 0.15) is 5.69 Å². The molecule has 0 amide bonds. The van der Waals surface area contributed by atoms with Crippen molar-refractivity contribution in [3.8, 4) is 0 Å². The van der Waals surface area contributed by atoms with E-state index in [1.165, 1.54) is 22.5 Å². The number of nitrogens with one attached hydrogen (secondary N) is 1. The lowest BCUT2D eigenvalue weighted by Gasteiger charge is -2.43. The highest BCUT2D eigenvalue weighted by atomic mass is 28.4. The van der Waals surface area contributed by atoms with Crippen LogP contribution in [0.3, 0.4) is 0 Å². The maximum absolute atomic E-state index is 11.2. The fraction of sp³-hybridized carbons (Fsp3) is 0.500. The zero-order valence-electron chi connectivity index (χ0n) is 29.8. The first-order chi connectivity index (χ1) is 24.7. The van der Waals surface area contributed by atoms with Gasteiger partial charge in [0.05, 0.1) is 102 Å². The van der Waals surface area contributed by atoms with Crippen LogP contribution in [-0.4, -0.2) is 111 Å². The highest BCUT2D eigenvalue weighted by Crippen LogP contribution is 2.36. The van der Waals surface area contributed by atoms with Crippen molar-refractivity contribution in [1.29, 1.82) is 0 Å². The van der Waals surface area contributed by atoms with Gasteiger partial charge in [-0.15, -0.1) is 0 Å². The molecule has 0 fully saturated rings. The number of hydrogen-bond donors (Lipinski definition) is 1. The third-order valence-corrected chi connectivity index (χ3v) is 12.8. The molecule has 0 radical (unpaired) electrons. The number of rotatable bonds is 27. The SMILES string of the molecule is CC(C)(C)[Si](OCCOCCOCCOCCOCCOCCOCCNc1ccc([N+](=O)[O-])cc1[N+](=O)[O-])(c1ccccc1)c1ccccc1. The topological polar surface area (TPSA) is 163 Å². The number of non-ortho nitro benzene ring substituents is 1. The van der Waals surface area contributed by atoms with Crippen LogP contribution in [0.5, 0.6) is 0 Å². The van der Waals surface area contributed by atoms with Crippen LogP contribution in [0.4, 0.5) is 17.1 Å². The van der Waals surface area contributed by atoms with Crippen molar-refractivity contribution in [2.75, 3.05) is 97.8 Å². The van der Waals surface area contributed by atoms with Crippen LogP contribution >= 0.6 is 0 Å². The highest BCUT2D eigenvalue weighted by Gasteiger charge is 2.50. The van der Waals surface area contributed by atoms with Crippen LogP contribution < -0.4 is 15.7 Å². The Morgan fingerprint density at radius 2 is 0.980 bits per heavy atom. The average molecular weight is 730 g/mol. The Morgan fingerprint density at radius 1 is 0.569 bits per heavy atom. The number of ether oxygens (including phenoxy) is 6. The van der Waals surface area contributed by atoms with E-state index < -0.39 is 18.2 Å². The van der Waals surface area contributed by atoms with E-state index in [9.17, 15) is 20.2 Å². The zero-order valence-corrected chi connectivity index (χ0v) is 30.8. The molecule has 0 heterocycles. The van der Waals surface area contributed by atoms with Crippen molar-refractivity contribution in [3.63, 3.8) is 0 Å². The highest BCUT2D eigenvalue weighted by molar-refractivity contribution is 6.99. The molecule has 1 N–H and O–H groups in total. The van der Waals surface area contributed by atoms with E-state index in [1.54, 1.807) is 0 Å². The first kappa shape index (κ1) is 41.6. The molecule has 0 atom stereocenters. The van der Waals surface area contributed by atoms with Gasteiger partial charge in [0.25, 0.3) is 19.7 Å². The standard InChI is InChI=1S/C36H51N3O11Si/c1-36(2,3)51(32-10-6-4-7-11-32,33-12-8-5-9-13-33)50-29-28-49-27-26-48-25-24-47-23-22-46-21-20-45-19-18-44-17-16-37-34-15-14-31(38(40)41)30-35(34)39(42)43/h4-15,30,37H,16-29H2,1-3H3. The zero-order chi connectivity index (χ0) is 36.8. The summed E-state index contributed by atoms with van der Waals surface area (Å²) in [6, 6.07) is 24.6. The Morgan fingerprint density at radius 3 is 1.37 bits per heavy atom. The van der Waals surface area contributed by atoms with Gasteiger partial charge in [-0.05, 0) is 21.5 Å². The van der Waals surface area contributed by atoms with Crippen molar-refractivity contribution < 1.29 is 42.7 Å². The van der Waals surface area contributed by atoms with Gasteiger partial charge in [-0.25, -0.2) is 0 Å². The molecule has 14 nitrogen and oxygen atoms in total. The molecule has 0 bridgehead atoms. The first-order valence-electron chi connectivity index (χ1n) is 17.0. The Balaban J connectivity index is 1.13. The van der Waals surface area contributed by atoms with Crippen LogP contribution in [0.25, 0.3) is 0 Å². The summed E-state index contributed by atoms with van der Waals surface area (Å²) < 4.78 is 40.2. The molecule has 0 saturated heterocycles. The smallest absolute Gasteiger partial charge is 0.299 e. The van der Waals surface area contributed by atoms with Gasteiger partial charge in [-0.1, -0.05) is 81.4 Å². The summed E-state index contributed by atoms with van der Waals surface area (Å²) in [5.74, 6) is 0. The van der Waals surface area contributed by atoms with Gasteiger partial charge in [0.15, 0.2) is 0 Å². The van der Waals surface area contributed by atoms with E-state index in [0.717, 1.165) is 6.07 Å². The minimum atomic E-state index is -2.56. The molecular weight excluding hydrogens is 678 g/mol. The largest absolute Gasteiger partial charge is 0.405 e. The lowest BCUT2D eigenvalue weighted by atomic mass is 10.2. The maximum Gasteiger partial charge on any atom is 0.299 e. The summed E-state index contributed by atoms with van der Waals surface area (Å²) in [5, 5.41) is 27.3. The number of nitrogens with zero attached hydrogens (tertiary/aromatic N) is 2. The molecule has 0 aliphatic carbocycles. The van der Waals surface area contributed by atoms with Crippen molar-refractivity contribution in [2.24, 2.45) is 0 Å². The van der Waals surface area contributed by atoms with Crippen molar-refractivity contribution in [2.45, 2.75) is 25.8 Å². The van der Waals surface area contributed by atoms with Gasteiger partial charge in [-0.3, -0.25) is 20.2 Å². The second kappa shape index (κ2) is 22.9. The summed E-state index contributed by atoms with van der Waals surface area (Å²) in [7, 11) is -2.56. The van der Waals surface area contributed by atoms with Crippen LogP contribution in [0.2, 0.25) is 5.04 Å². The third kappa shape index (κ3) is 14.0. The van der Waals surface area contributed by atoms with Crippen molar-refractivity contribution >= 4 is 35.8 Å². The Labute approximate surface area is 300 Å². The van der Waals surface area contributed by atoms with E-state index in [0.29, 0.717) is 85.8 Å². The van der Waals surface area contributed by atoms with Crippen molar-refractivity contribution in [3.05, 3.63) is 99.1 Å². The predicted octanol–water partition coefficient (Wildman–Crippen LogP) is 4.59. The second-order valence-corrected chi connectivity index (χ2v) is 16.6. The van der Waals surface area contributed by atoms with Gasteiger partial charge in [0.2, 0.25) is 0 Å². The molecule has 0 spiro atoms. The lowest BCUT2D eigenvalue weighted by Crippen LogP contribution is -2.66. The molecule has 0 aromatic heterocycles. The molecule has 15 heteroatoms. The van der Waals surface area contributed by atoms with E-state index in [-0.39, 0.29) is 28.7 Å². The van der Waals surface area contributed by atoms with Gasteiger partial charge in [-0.2, -0.15) is 0 Å². The fourth-order valence-electron chi connectivity index (χ4n) is 5.41. The number of hydrogen-bond acceptors (Lipinski definition) is 12. The third-order valence-electron chi connectivity index (χ3n) is 7.77. The summed E-state index contributed by atoms with van der Waals surface area (Å²) in [5.41, 5.74) is -0.517. The van der Waals surface area contributed by atoms with E-state index in [1.807, 2.05) is 12.1 Å². The molecule has 3 aromatic rings. The second-order valence-electron chi connectivity index (χ2n) is 12.3. The van der Waals surface area contributed by atoms with Crippen molar-refractivity contribution in [1.82, 2.24) is 0 Å². The lowest BCUT2D eigenvalue weighted by molar-refractivity contribution is -0.393. The molecule has 3 aromatic carbocycles. The van der Waals surface area contributed by atoms with Gasteiger partial charge in [0, 0.05) is 12.6 Å². The Kier molecular flexibility index (Phi) is 18.7. The molecule has 0 aliphatic heterocycles. The maximum atomic E-state index is 11.2. The number of nitro benzene ring substituents is 2. The van der Waals surface area contributed by atoms with Gasteiger partial charge < -0.3 is 38.2 Å². The molecule has 51 heavy (non-hydrogen) atoms. The van der Waals surface area contributed by atoms with Crippen LogP contribution in [0, 0.1) is 20.2 Å². The minimum absolute atomic E-state index is 0.0759. The monoisotopic (exact) mass is 729 g/mol. The summed E-state index contributed by atoms with van der Waals surface area (Å²) in [6.07, 6.45) is 0. The first-order valence-corrected chi connectivity index (χ1v) is 19.0. The Bertz CT molecular complexity index is 1390. The summed E-state index contributed by atoms with van der Waals surface area (Å²) in [4.78, 5) is 20.7. The summed E-state index contributed by atoms with van der Waals surface area (Å²) in [6.45, 7) is 12.6. The predicted molar refractivity (Wildman–Crippen MR) is 197 cm³/mol. The molecule has 3 rings (SSSR count). The Hall–Kier alpha value is -3.80. The number of benzene rings is 3. The van der Waals surface area contributed by atoms with E-state index in [4.69, 9.17) is 32.8 Å². The van der Waals surface area contributed by atoms with Crippen LogP contribution in [0.1, 0.15) is 20.8 Å². The average Bonchev–Trinajstić information content (AvgIpc) is 3.12. The normalized spacial score (nSPS) is 11.8. The fourth-order valence-corrected chi connectivity index (χ4v) is 9.95. The van der Waals surface area contributed by atoms with Gasteiger partial charge >= 0.3 is 0 Å². The quantitative estimate of drug-likeness (QED) is 0.0504. The summed E-state index contributed by atoms with van der Waals surface area (Å²) >= 11 is 0. The van der Waals surface area contributed by atoms with Crippen LogP contribution in [0.15, 0.2) is 78.9 Å². The van der Waals surface area contributed by atoms with E-state index >= 15 is 0 Å².